The molecule has 1 N–H and O–H groups in total. The minimum absolute atomic E-state index is 0.0170. The molecule has 0 spiro atoms. The number of rotatable bonds is 5. The van der Waals surface area contributed by atoms with Gasteiger partial charge in [-0.2, -0.15) is 10.2 Å². The van der Waals surface area contributed by atoms with Gasteiger partial charge in [0.15, 0.2) is 0 Å². The van der Waals surface area contributed by atoms with Gasteiger partial charge in [-0.05, 0) is 11.4 Å². The molecule has 0 radical (unpaired) electrons. The minimum atomic E-state index is -0.201. The van der Waals surface area contributed by atoms with E-state index in [0.717, 1.165) is 4.88 Å². The van der Waals surface area contributed by atoms with Crippen LogP contribution in [0, 0.1) is 11.3 Å². The number of amides is 1. The maximum absolute atomic E-state index is 11.3. The summed E-state index contributed by atoms with van der Waals surface area (Å²) in [5, 5.41) is 16.5. The van der Waals surface area contributed by atoms with E-state index in [4.69, 9.17) is 9.78 Å². The topological polar surface area (TPSA) is 91.8 Å². The van der Waals surface area contributed by atoms with Gasteiger partial charge in [0.1, 0.15) is 6.54 Å². The van der Waals surface area contributed by atoms with E-state index in [0.29, 0.717) is 18.1 Å². The number of thiophene rings is 1. The summed E-state index contributed by atoms with van der Waals surface area (Å²) in [6, 6.07) is 5.65. The number of nitriles is 1. The third-order valence-corrected chi connectivity index (χ3v) is 3.01. The number of hydrogen-bond acceptors (Lipinski definition) is 6. The smallest absolute Gasteiger partial charge is 0.227 e. The van der Waals surface area contributed by atoms with Crippen LogP contribution in [-0.4, -0.2) is 22.6 Å². The van der Waals surface area contributed by atoms with Crippen molar-refractivity contribution in [2.75, 3.05) is 6.54 Å². The standard InChI is InChI=1S/C11H10N4O2S/c12-5-6-13-9(16)3-4-10-14-11(15-17-10)8-2-1-7-18-8/h1-2,7H,3-4,6H2,(H,13,16). The molecule has 1 amide bonds. The second kappa shape index (κ2) is 5.93. The quantitative estimate of drug-likeness (QED) is 0.821. The number of aromatic nitrogens is 2. The lowest BCUT2D eigenvalue weighted by atomic mass is 10.3. The van der Waals surface area contributed by atoms with E-state index in [9.17, 15) is 4.79 Å². The lowest BCUT2D eigenvalue weighted by Crippen LogP contribution is -2.23. The van der Waals surface area contributed by atoms with Crippen LogP contribution in [0.5, 0.6) is 0 Å². The summed E-state index contributed by atoms with van der Waals surface area (Å²) in [6.07, 6.45) is 0.601. The summed E-state index contributed by atoms with van der Waals surface area (Å²) >= 11 is 1.52. The van der Waals surface area contributed by atoms with E-state index < -0.39 is 0 Å². The highest BCUT2D eigenvalue weighted by molar-refractivity contribution is 7.13. The van der Waals surface area contributed by atoms with E-state index in [1.165, 1.54) is 11.3 Å². The Balaban J connectivity index is 1.88. The molecule has 2 aromatic heterocycles. The molecule has 0 bridgehead atoms. The molecule has 2 aromatic rings. The van der Waals surface area contributed by atoms with Crippen molar-refractivity contribution < 1.29 is 9.32 Å². The predicted molar refractivity (Wildman–Crippen MR) is 64.6 cm³/mol. The zero-order chi connectivity index (χ0) is 12.8. The van der Waals surface area contributed by atoms with Crippen molar-refractivity contribution in [3.63, 3.8) is 0 Å². The maximum atomic E-state index is 11.3. The van der Waals surface area contributed by atoms with Crippen molar-refractivity contribution >= 4 is 17.2 Å². The normalized spacial score (nSPS) is 9.94. The number of nitrogens with zero attached hydrogens (tertiary/aromatic N) is 3. The van der Waals surface area contributed by atoms with Crippen LogP contribution in [0.3, 0.4) is 0 Å². The SMILES string of the molecule is N#CCNC(=O)CCc1nc(-c2cccs2)no1. The van der Waals surface area contributed by atoms with Crippen LogP contribution in [0.15, 0.2) is 22.0 Å². The average Bonchev–Trinajstić information content (AvgIpc) is 3.03. The maximum Gasteiger partial charge on any atom is 0.227 e. The summed E-state index contributed by atoms with van der Waals surface area (Å²) in [7, 11) is 0. The molecule has 92 valence electrons. The highest BCUT2D eigenvalue weighted by Gasteiger charge is 2.10. The molecule has 0 saturated carbocycles. The molecule has 0 aliphatic rings. The first-order valence-electron chi connectivity index (χ1n) is 5.29. The largest absolute Gasteiger partial charge is 0.343 e. The van der Waals surface area contributed by atoms with Gasteiger partial charge in [-0.15, -0.1) is 11.3 Å². The van der Waals surface area contributed by atoms with Crippen LogP contribution in [0.25, 0.3) is 10.7 Å². The monoisotopic (exact) mass is 262 g/mol. The highest BCUT2D eigenvalue weighted by Crippen LogP contribution is 2.21. The van der Waals surface area contributed by atoms with Crippen molar-refractivity contribution in [3.8, 4) is 16.8 Å². The van der Waals surface area contributed by atoms with Gasteiger partial charge in [0, 0.05) is 12.8 Å². The Hall–Kier alpha value is -2.20. The average molecular weight is 262 g/mol. The first-order chi connectivity index (χ1) is 8.79. The van der Waals surface area contributed by atoms with Gasteiger partial charge in [0.2, 0.25) is 17.6 Å². The zero-order valence-corrected chi connectivity index (χ0v) is 10.2. The molecule has 18 heavy (non-hydrogen) atoms. The first-order valence-corrected chi connectivity index (χ1v) is 6.17. The fraction of sp³-hybridized carbons (Fsp3) is 0.273. The predicted octanol–water partition coefficient (Wildman–Crippen LogP) is 1.37. The van der Waals surface area contributed by atoms with Gasteiger partial charge < -0.3 is 9.84 Å². The van der Waals surface area contributed by atoms with Gasteiger partial charge in [-0.1, -0.05) is 11.2 Å². The molecule has 0 saturated heterocycles. The number of aryl methyl sites for hydroxylation is 1. The molecule has 2 rings (SSSR count). The molecule has 0 unspecified atom stereocenters. The molecule has 0 aliphatic heterocycles. The third kappa shape index (κ3) is 3.15. The third-order valence-electron chi connectivity index (χ3n) is 2.14. The van der Waals surface area contributed by atoms with Gasteiger partial charge in [-0.3, -0.25) is 4.79 Å². The molecule has 0 fully saturated rings. The molecule has 0 aromatic carbocycles. The molecule has 7 heteroatoms. The summed E-state index contributed by atoms with van der Waals surface area (Å²) in [6.45, 7) is 0.0170. The molecule has 0 atom stereocenters. The Labute approximate surface area is 107 Å². The van der Waals surface area contributed by atoms with Crippen LogP contribution < -0.4 is 5.32 Å². The number of hydrogen-bond donors (Lipinski definition) is 1. The van der Waals surface area contributed by atoms with Gasteiger partial charge in [-0.25, -0.2) is 0 Å². The Bertz CT molecular complexity index is 556. The zero-order valence-electron chi connectivity index (χ0n) is 9.42. The van der Waals surface area contributed by atoms with Crippen LogP contribution >= 0.6 is 11.3 Å². The molecular formula is C11H10N4O2S. The lowest BCUT2D eigenvalue weighted by Gasteiger charge is -1.96. The van der Waals surface area contributed by atoms with E-state index in [-0.39, 0.29) is 18.9 Å². The molecule has 0 aliphatic carbocycles. The van der Waals surface area contributed by atoms with Gasteiger partial charge in [0.25, 0.3) is 0 Å². The van der Waals surface area contributed by atoms with E-state index >= 15 is 0 Å². The van der Waals surface area contributed by atoms with Crippen LogP contribution in [0.4, 0.5) is 0 Å². The van der Waals surface area contributed by atoms with Crippen molar-refractivity contribution in [2.24, 2.45) is 0 Å². The fourth-order valence-corrected chi connectivity index (χ4v) is 1.96. The molecule has 6 nitrogen and oxygen atoms in total. The highest BCUT2D eigenvalue weighted by atomic mass is 32.1. The van der Waals surface area contributed by atoms with Gasteiger partial charge >= 0.3 is 0 Å². The van der Waals surface area contributed by atoms with Crippen LogP contribution in [-0.2, 0) is 11.2 Å². The number of nitrogens with one attached hydrogen (secondary N) is 1. The summed E-state index contributed by atoms with van der Waals surface area (Å²) in [4.78, 5) is 16.4. The van der Waals surface area contributed by atoms with Crippen molar-refractivity contribution in [1.82, 2.24) is 15.5 Å². The number of carbonyl (C=O) groups excluding carboxylic acids is 1. The molecular weight excluding hydrogens is 252 g/mol. The second-order valence-electron chi connectivity index (χ2n) is 3.42. The summed E-state index contributed by atoms with van der Waals surface area (Å²) in [5.41, 5.74) is 0. The molecule has 2 heterocycles. The minimum Gasteiger partial charge on any atom is -0.343 e. The van der Waals surface area contributed by atoms with E-state index in [2.05, 4.69) is 15.5 Å². The van der Waals surface area contributed by atoms with E-state index in [1.54, 1.807) is 0 Å². The van der Waals surface area contributed by atoms with Crippen molar-refractivity contribution in [1.29, 1.82) is 5.26 Å². The Morgan fingerprint density at radius 3 is 3.22 bits per heavy atom. The fourth-order valence-electron chi connectivity index (χ4n) is 1.31. The lowest BCUT2D eigenvalue weighted by molar-refractivity contribution is -0.120. The second-order valence-corrected chi connectivity index (χ2v) is 4.37. The Morgan fingerprint density at radius 1 is 1.61 bits per heavy atom. The van der Waals surface area contributed by atoms with Crippen LogP contribution in [0.1, 0.15) is 12.3 Å². The van der Waals surface area contributed by atoms with Crippen molar-refractivity contribution in [3.05, 3.63) is 23.4 Å². The first kappa shape index (κ1) is 12.3. The van der Waals surface area contributed by atoms with Crippen LogP contribution in [0.2, 0.25) is 0 Å². The summed E-state index contributed by atoms with van der Waals surface area (Å²) in [5.74, 6) is 0.760. The van der Waals surface area contributed by atoms with Crippen molar-refractivity contribution in [2.45, 2.75) is 12.8 Å². The van der Waals surface area contributed by atoms with E-state index in [1.807, 2.05) is 23.6 Å². The Kier molecular flexibility index (Phi) is 4.04. The van der Waals surface area contributed by atoms with Gasteiger partial charge in [0.05, 0.1) is 10.9 Å². The summed E-state index contributed by atoms with van der Waals surface area (Å²) < 4.78 is 5.04. The number of carbonyl (C=O) groups is 1. The Morgan fingerprint density at radius 2 is 2.50 bits per heavy atom.